The lowest BCUT2D eigenvalue weighted by atomic mass is 10.1. The first-order valence-corrected chi connectivity index (χ1v) is 5.09. The van der Waals surface area contributed by atoms with E-state index in [0.29, 0.717) is 5.82 Å². The van der Waals surface area contributed by atoms with Gasteiger partial charge in [-0.25, -0.2) is 5.84 Å². The van der Waals surface area contributed by atoms with Crippen molar-refractivity contribution in [2.45, 2.75) is 6.92 Å². The second kappa shape index (κ2) is 3.73. The van der Waals surface area contributed by atoms with Gasteiger partial charge in [0.15, 0.2) is 5.82 Å². The monoisotopic (exact) mass is 206 g/mol. The Bertz CT molecular complexity index is 424. The third kappa shape index (κ3) is 1.59. The number of nitrogen functional groups attached to an aromatic ring is 1. The SMILES string of the molecule is Cc1cc(NN)nnc1-c1ccsc1. The van der Waals surface area contributed by atoms with Gasteiger partial charge in [-0.05, 0) is 30.0 Å². The standard InChI is InChI=1S/C9H10N4S/c1-6-4-8(11-10)12-13-9(6)7-2-3-14-5-7/h2-5H,10H2,1H3,(H,11,12). The van der Waals surface area contributed by atoms with Crippen molar-refractivity contribution in [2.24, 2.45) is 5.84 Å². The summed E-state index contributed by atoms with van der Waals surface area (Å²) in [7, 11) is 0. The number of aryl methyl sites for hydroxylation is 1. The molecule has 2 aromatic rings. The van der Waals surface area contributed by atoms with Gasteiger partial charge in [0.1, 0.15) is 0 Å². The van der Waals surface area contributed by atoms with Crippen LogP contribution in [-0.4, -0.2) is 10.2 Å². The van der Waals surface area contributed by atoms with Crippen LogP contribution in [-0.2, 0) is 0 Å². The van der Waals surface area contributed by atoms with E-state index in [4.69, 9.17) is 5.84 Å². The van der Waals surface area contributed by atoms with Gasteiger partial charge in [-0.15, -0.1) is 10.2 Å². The summed E-state index contributed by atoms with van der Waals surface area (Å²) in [5, 5.41) is 12.1. The summed E-state index contributed by atoms with van der Waals surface area (Å²) in [4.78, 5) is 0. The molecule has 0 amide bonds. The Labute approximate surface area is 85.8 Å². The number of rotatable bonds is 2. The molecule has 0 aliphatic carbocycles. The number of nitrogens with zero attached hydrogens (tertiary/aromatic N) is 2. The number of hydrogen-bond acceptors (Lipinski definition) is 5. The number of thiophene rings is 1. The number of nitrogens with one attached hydrogen (secondary N) is 1. The van der Waals surface area contributed by atoms with E-state index < -0.39 is 0 Å². The van der Waals surface area contributed by atoms with E-state index in [1.807, 2.05) is 29.8 Å². The zero-order valence-corrected chi connectivity index (χ0v) is 8.51. The van der Waals surface area contributed by atoms with Crippen molar-refractivity contribution in [3.8, 4) is 11.3 Å². The van der Waals surface area contributed by atoms with Crippen LogP contribution in [0.15, 0.2) is 22.9 Å². The van der Waals surface area contributed by atoms with E-state index in [1.54, 1.807) is 11.3 Å². The molecule has 0 bridgehead atoms. The quantitative estimate of drug-likeness (QED) is 0.581. The molecule has 5 heteroatoms. The Balaban J connectivity index is 2.46. The second-order valence-electron chi connectivity index (χ2n) is 2.92. The van der Waals surface area contributed by atoms with E-state index in [2.05, 4.69) is 15.6 Å². The lowest BCUT2D eigenvalue weighted by Gasteiger charge is -2.03. The summed E-state index contributed by atoms with van der Waals surface area (Å²) in [5.41, 5.74) is 5.54. The Morgan fingerprint density at radius 3 is 2.86 bits per heavy atom. The molecule has 0 atom stereocenters. The third-order valence-corrected chi connectivity index (χ3v) is 2.61. The van der Waals surface area contributed by atoms with Crippen molar-refractivity contribution < 1.29 is 0 Å². The van der Waals surface area contributed by atoms with Gasteiger partial charge in [-0.2, -0.15) is 11.3 Å². The molecule has 14 heavy (non-hydrogen) atoms. The highest BCUT2D eigenvalue weighted by atomic mass is 32.1. The maximum Gasteiger partial charge on any atom is 0.162 e. The topological polar surface area (TPSA) is 63.8 Å². The van der Waals surface area contributed by atoms with Crippen LogP contribution in [0, 0.1) is 6.92 Å². The first-order chi connectivity index (χ1) is 6.81. The van der Waals surface area contributed by atoms with Crippen molar-refractivity contribution in [3.63, 3.8) is 0 Å². The molecule has 0 aliphatic rings. The Morgan fingerprint density at radius 2 is 2.29 bits per heavy atom. The molecule has 0 spiro atoms. The minimum atomic E-state index is 0.585. The van der Waals surface area contributed by atoms with E-state index in [1.165, 1.54) is 0 Å². The lowest BCUT2D eigenvalue weighted by molar-refractivity contribution is 1.01. The van der Waals surface area contributed by atoms with Gasteiger partial charge < -0.3 is 5.43 Å². The molecule has 0 unspecified atom stereocenters. The first kappa shape index (κ1) is 9.11. The molecular weight excluding hydrogens is 196 g/mol. The van der Waals surface area contributed by atoms with E-state index in [0.717, 1.165) is 16.8 Å². The van der Waals surface area contributed by atoms with Gasteiger partial charge in [-0.3, -0.25) is 0 Å². The molecule has 0 aliphatic heterocycles. The third-order valence-electron chi connectivity index (χ3n) is 1.93. The number of hydrazine groups is 1. The molecule has 0 radical (unpaired) electrons. The maximum absolute atomic E-state index is 5.24. The van der Waals surface area contributed by atoms with Crippen LogP contribution in [0.1, 0.15) is 5.56 Å². The van der Waals surface area contributed by atoms with Gasteiger partial charge in [0.25, 0.3) is 0 Å². The normalized spacial score (nSPS) is 10.1. The summed E-state index contributed by atoms with van der Waals surface area (Å²) < 4.78 is 0. The number of anilines is 1. The Kier molecular flexibility index (Phi) is 2.43. The predicted octanol–water partition coefficient (Wildman–Crippen LogP) is 1.80. The molecule has 2 aromatic heterocycles. The van der Waals surface area contributed by atoms with E-state index >= 15 is 0 Å². The summed E-state index contributed by atoms with van der Waals surface area (Å²) in [6, 6.07) is 3.90. The van der Waals surface area contributed by atoms with Gasteiger partial charge in [0.05, 0.1) is 5.69 Å². The highest BCUT2D eigenvalue weighted by Crippen LogP contribution is 2.23. The van der Waals surface area contributed by atoms with Gasteiger partial charge >= 0.3 is 0 Å². The average molecular weight is 206 g/mol. The zero-order valence-electron chi connectivity index (χ0n) is 7.69. The molecule has 4 nitrogen and oxygen atoms in total. The molecule has 2 rings (SSSR count). The molecule has 3 N–H and O–H groups in total. The van der Waals surface area contributed by atoms with Crippen LogP contribution in [0.2, 0.25) is 0 Å². The number of hydrogen-bond donors (Lipinski definition) is 2. The fraction of sp³-hybridized carbons (Fsp3) is 0.111. The molecular formula is C9H10N4S. The lowest BCUT2D eigenvalue weighted by Crippen LogP contribution is -2.09. The minimum Gasteiger partial charge on any atom is -0.307 e. The first-order valence-electron chi connectivity index (χ1n) is 4.15. The minimum absolute atomic E-state index is 0.585. The molecule has 2 heterocycles. The highest BCUT2D eigenvalue weighted by Gasteiger charge is 2.05. The summed E-state index contributed by atoms with van der Waals surface area (Å²) >= 11 is 1.64. The predicted molar refractivity (Wildman–Crippen MR) is 57.9 cm³/mol. The summed E-state index contributed by atoms with van der Waals surface area (Å²) in [6.07, 6.45) is 0. The smallest absolute Gasteiger partial charge is 0.162 e. The van der Waals surface area contributed by atoms with Gasteiger partial charge in [0, 0.05) is 10.9 Å². The summed E-state index contributed by atoms with van der Waals surface area (Å²) in [5.74, 6) is 5.82. The molecule has 72 valence electrons. The van der Waals surface area contributed by atoms with Crippen LogP contribution in [0.5, 0.6) is 0 Å². The number of aromatic nitrogens is 2. The van der Waals surface area contributed by atoms with Crippen LogP contribution < -0.4 is 11.3 Å². The van der Waals surface area contributed by atoms with Gasteiger partial charge in [0.2, 0.25) is 0 Å². The van der Waals surface area contributed by atoms with Crippen molar-refractivity contribution in [1.82, 2.24) is 10.2 Å². The Hall–Kier alpha value is -1.46. The fourth-order valence-electron chi connectivity index (χ4n) is 1.24. The van der Waals surface area contributed by atoms with Gasteiger partial charge in [-0.1, -0.05) is 0 Å². The van der Waals surface area contributed by atoms with Crippen molar-refractivity contribution in [3.05, 3.63) is 28.5 Å². The van der Waals surface area contributed by atoms with Crippen LogP contribution in [0.25, 0.3) is 11.3 Å². The largest absolute Gasteiger partial charge is 0.307 e. The Morgan fingerprint density at radius 1 is 1.43 bits per heavy atom. The van der Waals surface area contributed by atoms with E-state index in [-0.39, 0.29) is 0 Å². The van der Waals surface area contributed by atoms with Crippen molar-refractivity contribution in [1.29, 1.82) is 0 Å². The van der Waals surface area contributed by atoms with Crippen LogP contribution in [0.3, 0.4) is 0 Å². The van der Waals surface area contributed by atoms with Crippen LogP contribution in [0.4, 0.5) is 5.82 Å². The highest BCUT2D eigenvalue weighted by molar-refractivity contribution is 7.08. The van der Waals surface area contributed by atoms with Crippen molar-refractivity contribution in [2.75, 3.05) is 5.43 Å². The summed E-state index contributed by atoms with van der Waals surface area (Å²) in [6.45, 7) is 1.99. The molecule has 0 aromatic carbocycles. The van der Waals surface area contributed by atoms with Crippen LogP contribution >= 0.6 is 11.3 Å². The number of nitrogens with two attached hydrogens (primary N) is 1. The fourth-order valence-corrected chi connectivity index (χ4v) is 1.88. The average Bonchev–Trinajstić information content (AvgIpc) is 2.70. The molecule has 0 saturated carbocycles. The van der Waals surface area contributed by atoms with E-state index in [9.17, 15) is 0 Å². The zero-order chi connectivity index (χ0) is 9.97. The molecule has 0 fully saturated rings. The van der Waals surface area contributed by atoms with Crippen molar-refractivity contribution >= 4 is 17.2 Å². The maximum atomic E-state index is 5.24. The molecule has 0 saturated heterocycles. The second-order valence-corrected chi connectivity index (χ2v) is 3.70.